The number of methoxy groups -OCH3 is 1. The predicted molar refractivity (Wildman–Crippen MR) is 81.1 cm³/mol. The third-order valence-electron chi connectivity index (χ3n) is 3.31. The molecule has 108 valence electrons. The fourth-order valence-electron chi connectivity index (χ4n) is 2.17. The summed E-state index contributed by atoms with van der Waals surface area (Å²) in [5.41, 5.74) is 2.24. The summed E-state index contributed by atoms with van der Waals surface area (Å²) in [6.45, 7) is 4.41. The second-order valence-corrected chi connectivity index (χ2v) is 5.07. The molecule has 20 heavy (non-hydrogen) atoms. The number of halogens is 1. The van der Waals surface area contributed by atoms with Gasteiger partial charge in [-0.2, -0.15) is 0 Å². The molecule has 1 unspecified atom stereocenters. The molecule has 0 fully saturated rings. The molecule has 4 nitrogen and oxygen atoms in total. The summed E-state index contributed by atoms with van der Waals surface area (Å²) in [4.78, 5) is 4.25. The second kappa shape index (κ2) is 7.43. The van der Waals surface area contributed by atoms with Crippen molar-refractivity contribution in [3.05, 3.63) is 53.1 Å². The van der Waals surface area contributed by atoms with E-state index in [4.69, 9.17) is 16.3 Å². The molecule has 0 saturated carbocycles. The minimum absolute atomic E-state index is 0.158. The van der Waals surface area contributed by atoms with Gasteiger partial charge in [-0.25, -0.2) is 4.98 Å². The van der Waals surface area contributed by atoms with Crippen LogP contribution in [0.4, 0.5) is 0 Å². The van der Waals surface area contributed by atoms with Gasteiger partial charge in [0, 0.05) is 31.4 Å². The van der Waals surface area contributed by atoms with Gasteiger partial charge < -0.3 is 14.6 Å². The zero-order valence-corrected chi connectivity index (χ0v) is 12.6. The van der Waals surface area contributed by atoms with Crippen LogP contribution in [0.1, 0.15) is 24.2 Å². The maximum Gasteiger partial charge on any atom is 0.0954 e. The molecule has 0 aliphatic heterocycles. The maximum atomic E-state index is 6.27. The number of hydrogen-bond donors (Lipinski definition) is 1. The predicted octanol–water partition coefficient (Wildman–Crippen LogP) is 2.88. The number of ether oxygens (including phenoxy) is 1. The zero-order chi connectivity index (χ0) is 14.4. The van der Waals surface area contributed by atoms with Gasteiger partial charge in [0.1, 0.15) is 0 Å². The fraction of sp³-hybridized carbons (Fsp3) is 0.400. The number of nitrogens with one attached hydrogen (secondary N) is 1. The number of imidazole rings is 1. The molecule has 0 aliphatic carbocycles. The van der Waals surface area contributed by atoms with Gasteiger partial charge >= 0.3 is 0 Å². The van der Waals surface area contributed by atoms with E-state index in [1.807, 2.05) is 30.7 Å². The number of rotatable bonds is 7. The highest BCUT2D eigenvalue weighted by Crippen LogP contribution is 2.26. The summed E-state index contributed by atoms with van der Waals surface area (Å²) in [5.74, 6) is 0. The minimum Gasteiger partial charge on any atom is -0.383 e. The Morgan fingerprint density at radius 2 is 2.20 bits per heavy atom. The van der Waals surface area contributed by atoms with Crippen molar-refractivity contribution in [1.29, 1.82) is 0 Å². The first kappa shape index (κ1) is 15.0. The van der Waals surface area contributed by atoms with E-state index in [0.717, 1.165) is 29.4 Å². The van der Waals surface area contributed by atoms with Crippen molar-refractivity contribution in [2.75, 3.05) is 20.3 Å². The van der Waals surface area contributed by atoms with Crippen molar-refractivity contribution in [3.63, 3.8) is 0 Å². The van der Waals surface area contributed by atoms with Crippen LogP contribution in [0, 0.1) is 0 Å². The van der Waals surface area contributed by atoms with Crippen LogP contribution in [-0.2, 0) is 11.3 Å². The van der Waals surface area contributed by atoms with E-state index < -0.39 is 0 Å². The molecular formula is C15H20ClN3O. The monoisotopic (exact) mass is 293 g/mol. The first-order valence-electron chi connectivity index (χ1n) is 6.69. The highest BCUT2D eigenvalue weighted by Gasteiger charge is 2.13. The maximum absolute atomic E-state index is 6.27. The highest BCUT2D eigenvalue weighted by molar-refractivity contribution is 6.31. The van der Waals surface area contributed by atoms with Crippen molar-refractivity contribution >= 4 is 11.6 Å². The molecule has 0 bridgehead atoms. The molecule has 0 saturated heterocycles. The van der Waals surface area contributed by atoms with Gasteiger partial charge in [0.15, 0.2) is 0 Å². The van der Waals surface area contributed by atoms with Crippen LogP contribution in [0.15, 0.2) is 36.8 Å². The minimum atomic E-state index is 0.158. The quantitative estimate of drug-likeness (QED) is 0.798. The Balaban J connectivity index is 2.09. The molecule has 0 aliphatic rings. The van der Waals surface area contributed by atoms with Gasteiger partial charge in [-0.1, -0.05) is 29.8 Å². The average Bonchev–Trinajstić information content (AvgIpc) is 2.92. The zero-order valence-electron chi connectivity index (χ0n) is 11.8. The van der Waals surface area contributed by atoms with Gasteiger partial charge in [0.05, 0.1) is 24.7 Å². The van der Waals surface area contributed by atoms with Gasteiger partial charge in [-0.3, -0.25) is 0 Å². The van der Waals surface area contributed by atoms with Crippen LogP contribution in [0.2, 0.25) is 5.02 Å². The Hall–Kier alpha value is -1.36. The van der Waals surface area contributed by atoms with Crippen LogP contribution >= 0.6 is 11.6 Å². The molecule has 1 N–H and O–H groups in total. The van der Waals surface area contributed by atoms with Crippen molar-refractivity contribution < 1.29 is 4.74 Å². The topological polar surface area (TPSA) is 39.1 Å². The number of hydrogen-bond acceptors (Lipinski definition) is 3. The van der Waals surface area contributed by atoms with Crippen LogP contribution in [0.25, 0.3) is 0 Å². The van der Waals surface area contributed by atoms with E-state index in [1.54, 1.807) is 7.11 Å². The van der Waals surface area contributed by atoms with Crippen LogP contribution in [-0.4, -0.2) is 29.8 Å². The first-order valence-corrected chi connectivity index (χ1v) is 7.06. The number of aromatic nitrogens is 2. The molecule has 0 radical (unpaired) electrons. The Morgan fingerprint density at radius 1 is 1.40 bits per heavy atom. The summed E-state index contributed by atoms with van der Waals surface area (Å²) in [6, 6.07) is 8.08. The van der Waals surface area contributed by atoms with Crippen molar-refractivity contribution in [3.8, 4) is 0 Å². The highest BCUT2D eigenvalue weighted by atomic mass is 35.5. The van der Waals surface area contributed by atoms with Crippen LogP contribution in [0.5, 0.6) is 0 Å². The molecule has 5 heteroatoms. The largest absolute Gasteiger partial charge is 0.383 e. The van der Waals surface area contributed by atoms with Crippen LogP contribution in [0.3, 0.4) is 0 Å². The number of nitrogens with zero attached hydrogens (tertiary/aromatic N) is 2. The van der Waals surface area contributed by atoms with E-state index in [9.17, 15) is 0 Å². The van der Waals surface area contributed by atoms with Crippen molar-refractivity contribution in [2.24, 2.45) is 0 Å². The van der Waals surface area contributed by atoms with Gasteiger partial charge in [0.25, 0.3) is 0 Å². The molecule has 2 rings (SSSR count). The van der Waals surface area contributed by atoms with Crippen molar-refractivity contribution in [1.82, 2.24) is 14.9 Å². The Bertz CT molecular complexity index is 541. The SMILES string of the molecule is COCCNCc1cncn1C(C)c1ccccc1Cl. The molecule has 2 aromatic rings. The molecule has 1 aromatic heterocycles. The summed E-state index contributed by atoms with van der Waals surface area (Å²) in [7, 11) is 1.70. The molecule has 1 atom stereocenters. The van der Waals surface area contributed by atoms with Gasteiger partial charge in [-0.15, -0.1) is 0 Å². The summed E-state index contributed by atoms with van der Waals surface area (Å²) in [5, 5.41) is 4.12. The van der Waals surface area contributed by atoms with Crippen molar-refractivity contribution in [2.45, 2.75) is 19.5 Å². The summed E-state index contributed by atoms with van der Waals surface area (Å²) in [6.07, 6.45) is 3.73. The van der Waals surface area contributed by atoms with E-state index in [1.165, 1.54) is 0 Å². The normalized spacial score (nSPS) is 12.6. The average molecular weight is 294 g/mol. The molecular weight excluding hydrogens is 274 g/mol. The molecule has 1 heterocycles. The summed E-state index contributed by atoms with van der Waals surface area (Å²) < 4.78 is 7.16. The second-order valence-electron chi connectivity index (χ2n) is 4.66. The fourth-order valence-corrected chi connectivity index (χ4v) is 2.47. The number of benzene rings is 1. The Kier molecular flexibility index (Phi) is 5.59. The summed E-state index contributed by atoms with van der Waals surface area (Å²) >= 11 is 6.27. The molecule has 0 amide bonds. The van der Waals surface area contributed by atoms with E-state index >= 15 is 0 Å². The molecule has 1 aromatic carbocycles. The van der Waals surface area contributed by atoms with E-state index in [2.05, 4.69) is 27.9 Å². The lowest BCUT2D eigenvalue weighted by Gasteiger charge is -2.18. The lowest BCUT2D eigenvalue weighted by molar-refractivity contribution is 0.199. The Labute approximate surface area is 124 Å². The van der Waals surface area contributed by atoms with E-state index in [0.29, 0.717) is 6.61 Å². The standard InChI is InChI=1S/C15H20ClN3O/c1-12(14-5-3-4-6-15(14)16)19-11-18-10-13(19)9-17-7-8-20-2/h3-6,10-12,17H,7-9H2,1-2H3. The third kappa shape index (κ3) is 3.60. The Morgan fingerprint density at radius 3 is 2.95 bits per heavy atom. The smallest absolute Gasteiger partial charge is 0.0954 e. The van der Waals surface area contributed by atoms with E-state index in [-0.39, 0.29) is 6.04 Å². The van der Waals surface area contributed by atoms with Crippen LogP contribution < -0.4 is 5.32 Å². The molecule has 0 spiro atoms. The first-order chi connectivity index (χ1) is 9.74. The van der Waals surface area contributed by atoms with Gasteiger partial charge in [0.2, 0.25) is 0 Å². The van der Waals surface area contributed by atoms with Gasteiger partial charge in [-0.05, 0) is 18.6 Å². The lowest BCUT2D eigenvalue weighted by atomic mass is 10.1. The third-order valence-corrected chi connectivity index (χ3v) is 3.65. The lowest BCUT2D eigenvalue weighted by Crippen LogP contribution is -2.21.